The van der Waals surface area contributed by atoms with Crippen LogP contribution in [0.5, 0.6) is 5.75 Å². The van der Waals surface area contributed by atoms with Gasteiger partial charge in [0.15, 0.2) is 16.8 Å². The summed E-state index contributed by atoms with van der Waals surface area (Å²) < 4.78 is 7.49. The third kappa shape index (κ3) is 5.59. The van der Waals surface area contributed by atoms with Crippen molar-refractivity contribution < 1.29 is 14.6 Å². The van der Waals surface area contributed by atoms with E-state index < -0.39 is 6.10 Å². The normalized spacial score (nSPS) is 12.0. The van der Waals surface area contributed by atoms with Crippen LogP contribution in [0.25, 0.3) is 11.4 Å². The molecule has 1 N–H and O–H groups in total. The number of aromatic nitrogens is 3. The van der Waals surface area contributed by atoms with Crippen molar-refractivity contribution in [3.05, 3.63) is 59.1 Å². The highest BCUT2D eigenvalue weighted by molar-refractivity contribution is 7.99. The third-order valence-corrected chi connectivity index (χ3v) is 5.70. The zero-order chi connectivity index (χ0) is 20.8. The Morgan fingerprint density at radius 3 is 2.52 bits per heavy atom. The molecule has 0 saturated heterocycles. The summed E-state index contributed by atoms with van der Waals surface area (Å²) >= 11 is 7.34. The van der Waals surface area contributed by atoms with Crippen LogP contribution in [0.15, 0.2) is 53.7 Å². The van der Waals surface area contributed by atoms with Crippen LogP contribution >= 0.6 is 23.4 Å². The molecule has 0 aliphatic rings. The Morgan fingerprint density at radius 1 is 1.17 bits per heavy atom. The van der Waals surface area contributed by atoms with Gasteiger partial charge in [-0.1, -0.05) is 30.3 Å². The predicted octanol–water partition coefficient (Wildman–Crippen LogP) is 4.26. The monoisotopic (exact) mass is 431 g/mol. The number of hydrogen-bond acceptors (Lipinski definition) is 6. The van der Waals surface area contributed by atoms with E-state index in [9.17, 15) is 9.90 Å². The van der Waals surface area contributed by atoms with E-state index in [0.29, 0.717) is 33.7 Å². The van der Waals surface area contributed by atoms with E-state index in [1.807, 2.05) is 42.8 Å². The molecule has 0 radical (unpaired) electrons. The van der Waals surface area contributed by atoms with Crippen molar-refractivity contribution in [2.45, 2.75) is 24.6 Å². The van der Waals surface area contributed by atoms with Gasteiger partial charge in [-0.2, -0.15) is 0 Å². The first-order chi connectivity index (χ1) is 14.0. The molecule has 3 aromatic rings. The Kier molecular flexibility index (Phi) is 7.30. The van der Waals surface area contributed by atoms with Gasteiger partial charge in [-0.15, -0.1) is 10.2 Å². The van der Waals surface area contributed by atoms with Crippen LogP contribution in [0, 0.1) is 0 Å². The summed E-state index contributed by atoms with van der Waals surface area (Å²) in [5.74, 6) is 1.86. The second-order valence-corrected chi connectivity index (χ2v) is 7.87. The van der Waals surface area contributed by atoms with Crippen molar-refractivity contribution in [1.82, 2.24) is 14.8 Å². The first-order valence-corrected chi connectivity index (χ1v) is 10.6. The fourth-order valence-corrected chi connectivity index (χ4v) is 3.59. The van der Waals surface area contributed by atoms with E-state index in [1.165, 1.54) is 11.8 Å². The van der Waals surface area contributed by atoms with Crippen molar-refractivity contribution >= 4 is 29.1 Å². The number of ketones is 1. The number of benzene rings is 2. The van der Waals surface area contributed by atoms with Crippen LogP contribution in [0.3, 0.4) is 0 Å². The van der Waals surface area contributed by atoms with Crippen LogP contribution in [0.2, 0.25) is 5.02 Å². The fraction of sp³-hybridized carbons (Fsp3) is 0.286. The van der Waals surface area contributed by atoms with Crippen LogP contribution < -0.4 is 4.74 Å². The molecule has 1 heterocycles. The van der Waals surface area contributed by atoms with Gasteiger partial charge in [0, 0.05) is 35.4 Å². The summed E-state index contributed by atoms with van der Waals surface area (Å²) in [6.45, 7) is 1.98. The van der Waals surface area contributed by atoms with Crippen molar-refractivity contribution in [3.8, 4) is 17.1 Å². The number of ether oxygens (including phenoxy) is 1. The third-order valence-electron chi connectivity index (χ3n) is 4.28. The summed E-state index contributed by atoms with van der Waals surface area (Å²) in [4.78, 5) is 11.6. The number of hydrogen-bond donors (Lipinski definition) is 1. The van der Waals surface area contributed by atoms with Gasteiger partial charge in [0.25, 0.3) is 0 Å². The molecule has 0 spiro atoms. The smallest absolute Gasteiger partial charge is 0.191 e. The molecule has 0 saturated carbocycles. The van der Waals surface area contributed by atoms with Crippen molar-refractivity contribution in [1.29, 1.82) is 0 Å². The van der Waals surface area contributed by atoms with Crippen molar-refractivity contribution in [2.75, 3.05) is 12.4 Å². The topological polar surface area (TPSA) is 77.2 Å². The van der Waals surface area contributed by atoms with Crippen molar-refractivity contribution in [2.24, 2.45) is 7.05 Å². The highest BCUT2D eigenvalue weighted by Gasteiger charge is 2.14. The maximum Gasteiger partial charge on any atom is 0.191 e. The van der Waals surface area contributed by atoms with Gasteiger partial charge < -0.3 is 14.4 Å². The molecule has 2 aromatic carbocycles. The summed E-state index contributed by atoms with van der Waals surface area (Å²) in [7, 11) is 1.88. The number of aliphatic hydroxyl groups excluding tert-OH is 1. The van der Waals surface area contributed by atoms with Crippen molar-refractivity contribution in [3.63, 3.8) is 0 Å². The number of rotatable bonds is 9. The molecule has 0 aliphatic heterocycles. The van der Waals surface area contributed by atoms with Gasteiger partial charge >= 0.3 is 0 Å². The highest BCUT2D eigenvalue weighted by atomic mass is 35.5. The number of aliphatic hydroxyl groups is 1. The Morgan fingerprint density at radius 2 is 1.86 bits per heavy atom. The van der Waals surface area contributed by atoms with E-state index in [2.05, 4.69) is 10.2 Å². The minimum Gasteiger partial charge on any atom is -0.491 e. The van der Waals surface area contributed by atoms with E-state index in [1.54, 1.807) is 24.3 Å². The Bertz CT molecular complexity index is 958. The summed E-state index contributed by atoms with van der Waals surface area (Å²) in [6.07, 6.45) is -0.203. The minimum atomic E-state index is -0.673. The number of carbonyl (C=O) groups is 1. The summed E-state index contributed by atoms with van der Waals surface area (Å²) in [6, 6.07) is 14.4. The maximum atomic E-state index is 11.6. The predicted molar refractivity (Wildman–Crippen MR) is 115 cm³/mol. The molecule has 1 atom stereocenters. The van der Waals surface area contributed by atoms with Gasteiger partial charge in [0.2, 0.25) is 0 Å². The number of carbonyl (C=O) groups excluding carboxylic acids is 1. The fourth-order valence-electron chi connectivity index (χ4n) is 2.64. The molecular weight excluding hydrogens is 410 g/mol. The van der Waals surface area contributed by atoms with Gasteiger partial charge in [0.05, 0.1) is 6.10 Å². The summed E-state index contributed by atoms with van der Waals surface area (Å²) in [5, 5.41) is 20.0. The molecule has 152 valence electrons. The molecule has 0 amide bonds. The Balaban J connectivity index is 1.51. The molecular formula is C21H22ClN3O3S. The second kappa shape index (κ2) is 9.91. The van der Waals surface area contributed by atoms with E-state index in [-0.39, 0.29) is 12.4 Å². The zero-order valence-corrected chi connectivity index (χ0v) is 17.8. The van der Waals surface area contributed by atoms with E-state index in [4.69, 9.17) is 16.3 Å². The molecule has 0 bridgehead atoms. The molecule has 3 rings (SSSR count). The van der Waals surface area contributed by atoms with Gasteiger partial charge in [-0.05, 0) is 48.5 Å². The Hall–Kier alpha value is -2.35. The van der Waals surface area contributed by atoms with Gasteiger partial charge in [-0.3, -0.25) is 4.79 Å². The lowest BCUT2D eigenvalue weighted by Crippen LogP contribution is -2.20. The average molecular weight is 432 g/mol. The zero-order valence-electron chi connectivity index (χ0n) is 16.2. The molecule has 6 nitrogen and oxygen atoms in total. The molecule has 29 heavy (non-hydrogen) atoms. The summed E-state index contributed by atoms with van der Waals surface area (Å²) in [5.41, 5.74) is 1.58. The number of thioether (sulfide) groups is 1. The molecule has 0 fully saturated rings. The molecule has 1 aromatic heterocycles. The van der Waals surface area contributed by atoms with Crippen LogP contribution in [-0.4, -0.2) is 44.1 Å². The largest absolute Gasteiger partial charge is 0.491 e. The standard InChI is InChI=1S/C21H22ClN3O3S/c1-3-19(27)14-6-10-18(11-7-14)28-12-17(26)13-29-21-24-23-20(25(21)2)15-4-8-16(22)9-5-15/h4-11,17,26H,3,12-13H2,1-2H3/t17-/m1/s1. The minimum absolute atomic E-state index is 0.0923. The molecule has 8 heteroatoms. The van der Waals surface area contributed by atoms with Gasteiger partial charge in [-0.25, -0.2) is 0 Å². The first-order valence-electron chi connectivity index (χ1n) is 9.20. The van der Waals surface area contributed by atoms with Crippen LogP contribution in [0.4, 0.5) is 0 Å². The first kappa shape index (κ1) is 21.4. The van der Waals surface area contributed by atoms with E-state index >= 15 is 0 Å². The van der Waals surface area contributed by atoms with Crippen LogP contribution in [0.1, 0.15) is 23.7 Å². The van der Waals surface area contributed by atoms with Crippen LogP contribution in [-0.2, 0) is 7.05 Å². The number of halogens is 1. The van der Waals surface area contributed by atoms with E-state index in [0.717, 1.165) is 11.4 Å². The molecule has 0 aliphatic carbocycles. The maximum absolute atomic E-state index is 11.6. The average Bonchev–Trinajstić information content (AvgIpc) is 3.11. The lowest BCUT2D eigenvalue weighted by Gasteiger charge is -2.12. The van der Waals surface area contributed by atoms with Gasteiger partial charge in [0.1, 0.15) is 12.4 Å². The Labute approximate surface area is 178 Å². The quantitative estimate of drug-likeness (QED) is 0.403. The lowest BCUT2D eigenvalue weighted by molar-refractivity contribution is 0.0987. The lowest BCUT2D eigenvalue weighted by atomic mass is 10.1. The number of nitrogens with zero attached hydrogens (tertiary/aromatic N) is 3. The number of Topliss-reactive ketones (excluding diaryl/α,β-unsaturated/α-hetero) is 1. The molecule has 0 unspecified atom stereocenters. The second-order valence-electron chi connectivity index (χ2n) is 6.45. The highest BCUT2D eigenvalue weighted by Crippen LogP contribution is 2.24. The SMILES string of the molecule is CCC(=O)c1ccc(OC[C@@H](O)CSc2nnc(-c3ccc(Cl)cc3)n2C)cc1.